The zero-order valence-corrected chi connectivity index (χ0v) is 12.5. The van der Waals surface area contributed by atoms with Crippen LogP contribution in [0.25, 0.3) is 11.1 Å². The Kier molecular flexibility index (Phi) is 4.12. The topological polar surface area (TPSA) is 37.3 Å². The number of phenols is 1. The largest absolute Gasteiger partial charge is 0.508 e. The summed E-state index contributed by atoms with van der Waals surface area (Å²) in [5.41, 5.74) is 2.34. The van der Waals surface area contributed by atoms with Gasteiger partial charge in [-0.25, -0.2) is 4.39 Å². The number of hydrogen-bond acceptors (Lipinski definition) is 2. The Morgan fingerprint density at radius 3 is 2.38 bits per heavy atom. The summed E-state index contributed by atoms with van der Waals surface area (Å²) in [6, 6.07) is 9.77. The van der Waals surface area contributed by atoms with E-state index in [1.807, 2.05) is 6.07 Å². The van der Waals surface area contributed by atoms with Crippen molar-refractivity contribution < 1.29 is 14.3 Å². The Labute approximate surface area is 124 Å². The van der Waals surface area contributed by atoms with E-state index in [9.17, 15) is 14.3 Å². The first-order valence-electron chi connectivity index (χ1n) is 6.97. The Morgan fingerprint density at radius 1 is 1.14 bits per heavy atom. The highest BCUT2D eigenvalue weighted by Gasteiger charge is 2.22. The van der Waals surface area contributed by atoms with E-state index in [0.29, 0.717) is 6.29 Å². The van der Waals surface area contributed by atoms with E-state index in [1.165, 1.54) is 12.1 Å². The van der Waals surface area contributed by atoms with Crippen molar-refractivity contribution >= 4 is 6.29 Å². The van der Waals surface area contributed by atoms with Crippen molar-refractivity contribution in [2.75, 3.05) is 0 Å². The minimum atomic E-state index is -0.526. The summed E-state index contributed by atoms with van der Waals surface area (Å²) in [4.78, 5) is 10.9. The third-order valence-corrected chi connectivity index (χ3v) is 4.07. The minimum Gasteiger partial charge on any atom is -0.508 e. The molecule has 0 fully saturated rings. The fraction of sp³-hybridized carbons (Fsp3) is 0.278. The quantitative estimate of drug-likeness (QED) is 0.827. The van der Waals surface area contributed by atoms with Gasteiger partial charge < -0.3 is 5.11 Å². The summed E-state index contributed by atoms with van der Waals surface area (Å²) >= 11 is 0. The second-order valence-corrected chi connectivity index (χ2v) is 5.82. The molecule has 2 aromatic carbocycles. The Morgan fingerprint density at radius 2 is 1.76 bits per heavy atom. The Bertz CT molecular complexity index is 675. The van der Waals surface area contributed by atoms with Crippen molar-refractivity contribution in [3.8, 4) is 16.9 Å². The number of halogens is 1. The molecule has 110 valence electrons. The van der Waals surface area contributed by atoms with Crippen molar-refractivity contribution in [3.05, 3.63) is 53.3 Å². The van der Waals surface area contributed by atoms with Gasteiger partial charge >= 0.3 is 0 Å². The summed E-state index contributed by atoms with van der Waals surface area (Å²) in [7, 11) is 0. The lowest BCUT2D eigenvalue weighted by Gasteiger charge is -2.25. The fourth-order valence-corrected chi connectivity index (χ4v) is 2.26. The van der Waals surface area contributed by atoms with Crippen molar-refractivity contribution in [3.63, 3.8) is 0 Å². The van der Waals surface area contributed by atoms with E-state index < -0.39 is 5.82 Å². The van der Waals surface area contributed by atoms with Gasteiger partial charge in [0.05, 0.1) is 5.56 Å². The number of rotatable bonds is 4. The molecule has 0 aliphatic rings. The SMILES string of the molecule is CCC(C)(C)c1cc(-c2ccc(F)c(C=O)c2)ccc1O. The predicted molar refractivity (Wildman–Crippen MR) is 82.2 cm³/mol. The molecule has 2 rings (SSSR count). The summed E-state index contributed by atoms with van der Waals surface area (Å²) < 4.78 is 13.4. The van der Waals surface area contributed by atoms with Gasteiger partial charge in [-0.3, -0.25) is 4.79 Å². The standard InChI is InChI=1S/C18H19FO2/c1-4-18(2,3)15-10-13(6-8-17(15)21)12-5-7-16(19)14(9-12)11-20/h5-11,21H,4H2,1-3H3. The summed E-state index contributed by atoms with van der Waals surface area (Å²) in [6.07, 6.45) is 1.39. The van der Waals surface area contributed by atoms with Crippen molar-refractivity contribution in [1.29, 1.82) is 0 Å². The molecule has 0 aliphatic carbocycles. The maximum atomic E-state index is 13.4. The fourth-order valence-electron chi connectivity index (χ4n) is 2.26. The normalized spacial score (nSPS) is 11.4. The molecule has 3 heteroatoms. The molecule has 0 aliphatic heterocycles. The lowest BCUT2D eigenvalue weighted by atomic mass is 9.80. The van der Waals surface area contributed by atoms with Crippen LogP contribution in [-0.4, -0.2) is 11.4 Å². The molecular weight excluding hydrogens is 267 g/mol. The molecule has 0 spiro atoms. The molecule has 0 bridgehead atoms. The Balaban J connectivity index is 2.56. The molecular formula is C18H19FO2. The molecule has 2 nitrogen and oxygen atoms in total. The van der Waals surface area contributed by atoms with Crippen LogP contribution in [-0.2, 0) is 5.41 Å². The lowest BCUT2D eigenvalue weighted by molar-refractivity contribution is 0.112. The first-order chi connectivity index (χ1) is 9.89. The maximum absolute atomic E-state index is 13.4. The summed E-state index contributed by atoms with van der Waals surface area (Å²) in [6.45, 7) is 6.19. The van der Waals surface area contributed by atoms with Gasteiger partial charge in [-0.05, 0) is 47.2 Å². The number of carbonyl (C=O) groups is 1. The van der Waals surface area contributed by atoms with E-state index in [1.54, 1.807) is 18.2 Å². The number of aromatic hydroxyl groups is 1. The number of phenolic OH excluding ortho intramolecular Hbond substituents is 1. The highest BCUT2D eigenvalue weighted by atomic mass is 19.1. The molecule has 0 atom stereocenters. The molecule has 0 amide bonds. The zero-order chi connectivity index (χ0) is 15.6. The van der Waals surface area contributed by atoms with Gasteiger partial charge in [-0.2, -0.15) is 0 Å². The molecule has 0 saturated carbocycles. The molecule has 0 radical (unpaired) electrons. The third-order valence-electron chi connectivity index (χ3n) is 4.07. The molecule has 0 heterocycles. The van der Waals surface area contributed by atoms with E-state index >= 15 is 0 Å². The third kappa shape index (κ3) is 2.97. The van der Waals surface area contributed by atoms with Crippen molar-refractivity contribution in [2.45, 2.75) is 32.6 Å². The number of carbonyl (C=O) groups excluding carboxylic acids is 1. The predicted octanol–water partition coefficient (Wildman–Crippen LogP) is 4.70. The molecule has 0 aromatic heterocycles. The van der Waals surface area contributed by atoms with Crippen molar-refractivity contribution in [1.82, 2.24) is 0 Å². The van der Waals surface area contributed by atoms with Crippen LogP contribution in [0.1, 0.15) is 43.1 Å². The maximum Gasteiger partial charge on any atom is 0.153 e. The second kappa shape index (κ2) is 5.68. The average molecular weight is 286 g/mol. The van der Waals surface area contributed by atoms with Gasteiger partial charge in [0.25, 0.3) is 0 Å². The monoisotopic (exact) mass is 286 g/mol. The minimum absolute atomic E-state index is 0.0388. The second-order valence-electron chi connectivity index (χ2n) is 5.82. The number of hydrogen-bond donors (Lipinski definition) is 1. The van der Waals surface area contributed by atoms with Gasteiger partial charge in [-0.1, -0.05) is 32.9 Å². The summed E-state index contributed by atoms with van der Waals surface area (Å²) in [5, 5.41) is 10.1. The van der Waals surface area contributed by atoms with Gasteiger partial charge in [-0.15, -0.1) is 0 Å². The molecule has 2 aromatic rings. The highest BCUT2D eigenvalue weighted by molar-refractivity contribution is 5.79. The lowest BCUT2D eigenvalue weighted by Crippen LogP contribution is -2.15. The van der Waals surface area contributed by atoms with Crippen LogP contribution in [0.2, 0.25) is 0 Å². The first-order valence-corrected chi connectivity index (χ1v) is 6.97. The van der Waals surface area contributed by atoms with Crippen molar-refractivity contribution in [2.24, 2.45) is 0 Å². The van der Waals surface area contributed by atoms with E-state index in [-0.39, 0.29) is 16.7 Å². The van der Waals surface area contributed by atoms with E-state index in [0.717, 1.165) is 23.1 Å². The molecule has 1 N–H and O–H groups in total. The van der Waals surface area contributed by atoms with Gasteiger partial charge in [0, 0.05) is 5.56 Å². The van der Waals surface area contributed by atoms with Crippen LogP contribution in [0.4, 0.5) is 4.39 Å². The number of aldehydes is 1. The molecule has 21 heavy (non-hydrogen) atoms. The Hall–Kier alpha value is -2.16. The zero-order valence-electron chi connectivity index (χ0n) is 12.5. The van der Waals surface area contributed by atoms with Crippen LogP contribution < -0.4 is 0 Å². The van der Waals surface area contributed by atoms with Gasteiger partial charge in [0.2, 0.25) is 0 Å². The number of benzene rings is 2. The van der Waals surface area contributed by atoms with E-state index in [2.05, 4.69) is 20.8 Å². The first kappa shape index (κ1) is 15.2. The van der Waals surface area contributed by atoms with Gasteiger partial charge in [0.1, 0.15) is 11.6 Å². The van der Waals surface area contributed by atoms with Crippen LogP contribution in [0.15, 0.2) is 36.4 Å². The van der Waals surface area contributed by atoms with Crippen LogP contribution in [0.3, 0.4) is 0 Å². The summed E-state index contributed by atoms with van der Waals surface area (Å²) in [5.74, 6) is -0.273. The van der Waals surface area contributed by atoms with Crippen LogP contribution in [0, 0.1) is 5.82 Å². The molecule has 0 saturated heterocycles. The van der Waals surface area contributed by atoms with Gasteiger partial charge in [0.15, 0.2) is 6.29 Å². The van der Waals surface area contributed by atoms with Crippen LogP contribution in [0.5, 0.6) is 5.75 Å². The smallest absolute Gasteiger partial charge is 0.153 e. The van der Waals surface area contributed by atoms with E-state index in [4.69, 9.17) is 0 Å². The van der Waals surface area contributed by atoms with Crippen LogP contribution >= 0.6 is 0 Å². The highest BCUT2D eigenvalue weighted by Crippen LogP contribution is 2.36. The average Bonchev–Trinajstić information content (AvgIpc) is 2.48. The molecule has 0 unspecified atom stereocenters.